The molecule has 3 heterocycles. The van der Waals surface area contributed by atoms with Crippen LogP contribution in [0.2, 0.25) is 0 Å². The van der Waals surface area contributed by atoms with Gasteiger partial charge in [-0.25, -0.2) is 8.42 Å². The van der Waals surface area contributed by atoms with Crippen molar-refractivity contribution < 1.29 is 27.2 Å². The third-order valence-corrected chi connectivity index (χ3v) is 7.61. The fraction of sp³-hybridized carbons (Fsp3) is 0.333. The highest BCUT2D eigenvalue weighted by Crippen LogP contribution is 2.46. The Balaban J connectivity index is 1.58. The number of anilines is 1. The predicted octanol–water partition coefficient (Wildman–Crippen LogP) is 3.95. The molecular weight excluding hydrogens is 472 g/mol. The second kappa shape index (κ2) is 8.49. The summed E-state index contributed by atoms with van der Waals surface area (Å²) in [4.78, 5) is -0.0734. The van der Waals surface area contributed by atoms with Crippen molar-refractivity contribution >= 4 is 26.8 Å². The summed E-state index contributed by atoms with van der Waals surface area (Å²) >= 11 is 0. The monoisotopic (exact) mass is 498 g/mol. The zero-order valence-corrected chi connectivity index (χ0v) is 20.7. The van der Waals surface area contributed by atoms with Crippen molar-refractivity contribution in [1.29, 1.82) is 0 Å². The van der Waals surface area contributed by atoms with Crippen LogP contribution in [0, 0.1) is 0 Å². The number of hydrogen-bond donors (Lipinski definition) is 1. The molecule has 0 saturated heterocycles. The van der Waals surface area contributed by atoms with Crippen LogP contribution in [-0.4, -0.2) is 44.2 Å². The number of sulfonamides is 1. The number of hydrogen-bond acceptors (Lipinski definition) is 8. The fourth-order valence-corrected chi connectivity index (χ4v) is 5.68. The van der Waals surface area contributed by atoms with Crippen LogP contribution in [0.15, 0.2) is 52.1 Å². The van der Waals surface area contributed by atoms with E-state index >= 15 is 0 Å². The quantitative estimate of drug-likeness (QED) is 0.407. The summed E-state index contributed by atoms with van der Waals surface area (Å²) in [6.45, 7) is 5.00. The molecule has 0 saturated carbocycles. The Morgan fingerprint density at radius 2 is 1.97 bits per heavy atom. The van der Waals surface area contributed by atoms with Gasteiger partial charge in [-0.15, -0.1) is 0 Å². The first-order valence-corrected chi connectivity index (χ1v) is 12.5. The molecule has 1 N–H and O–H groups in total. The van der Waals surface area contributed by atoms with E-state index in [1.807, 2.05) is 18.3 Å². The summed E-state index contributed by atoms with van der Waals surface area (Å²) in [7, 11) is -1.25. The van der Waals surface area contributed by atoms with E-state index in [1.165, 1.54) is 14.2 Å². The van der Waals surface area contributed by atoms with E-state index < -0.39 is 10.0 Å². The average Bonchev–Trinajstić information content (AvgIpc) is 3.47. The second-order valence-electron chi connectivity index (χ2n) is 8.97. The van der Waals surface area contributed by atoms with Gasteiger partial charge in [-0.05, 0) is 41.7 Å². The maximum absolute atomic E-state index is 13.7. The van der Waals surface area contributed by atoms with Gasteiger partial charge in [0, 0.05) is 18.0 Å². The normalized spacial score (nSPS) is 14.9. The van der Waals surface area contributed by atoms with Crippen molar-refractivity contribution in [1.82, 2.24) is 14.9 Å². The number of aromatic nitrogens is 3. The Morgan fingerprint density at radius 3 is 2.69 bits per heavy atom. The van der Waals surface area contributed by atoms with E-state index in [0.29, 0.717) is 29.9 Å². The van der Waals surface area contributed by atoms with Crippen LogP contribution in [0.4, 0.5) is 5.82 Å². The lowest BCUT2D eigenvalue weighted by atomic mass is 9.80. The highest BCUT2D eigenvalue weighted by Gasteiger charge is 2.36. The molecule has 5 rings (SSSR count). The molecule has 0 radical (unpaired) electrons. The van der Waals surface area contributed by atoms with Gasteiger partial charge < -0.3 is 18.7 Å². The minimum atomic E-state index is -4.18. The molecule has 0 bridgehead atoms. The number of fused-ring (bicyclic) bond motifs is 2. The summed E-state index contributed by atoms with van der Waals surface area (Å²) in [6.07, 6.45) is 4.30. The average molecular weight is 499 g/mol. The summed E-state index contributed by atoms with van der Waals surface area (Å²) < 4.78 is 54.0. The lowest BCUT2D eigenvalue weighted by Crippen LogP contribution is -2.28. The molecule has 2 aromatic heterocycles. The molecule has 0 aliphatic carbocycles. The largest absolute Gasteiger partial charge is 0.496 e. The van der Waals surface area contributed by atoms with E-state index in [2.05, 4.69) is 28.8 Å². The summed E-state index contributed by atoms with van der Waals surface area (Å²) in [6, 6.07) is 8.91. The van der Waals surface area contributed by atoms with Gasteiger partial charge in [-0.3, -0.25) is 9.40 Å². The van der Waals surface area contributed by atoms with Gasteiger partial charge in [0.2, 0.25) is 0 Å². The molecule has 4 aromatic rings. The molecule has 1 aliphatic heterocycles. The van der Waals surface area contributed by atoms with Gasteiger partial charge in [0.05, 0.1) is 27.4 Å². The van der Waals surface area contributed by atoms with Crippen LogP contribution in [0.25, 0.3) is 11.0 Å². The van der Waals surface area contributed by atoms with Crippen molar-refractivity contribution in [2.24, 2.45) is 0 Å². The smallest absolute Gasteiger partial charge is 0.270 e. The van der Waals surface area contributed by atoms with E-state index in [4.69, 9.17) is 18.7 Å². The second-order valence-corrected chi connectivity index (χ2v) is 10.6. The van der Waals surface area contributed by atoms with Gasteiger partial charge in [0.15, 0.2) is 16.3 Å². The van der Waals surface area contributed by atoms with Crippen LogP contribution < -0.4 is 18.9 Å². The number of nitrogens with zero attached hydrogens (tertiary/aromatic N) is 3. The Kier molecular flexibility index (Phi) is 5.59. The van der Waals surface area contributed by atoms with Crippen LogP contribution in [0.1, 0.15) is 31.4 Å². The Hall–Kier alpha value is -3.73. The van der Waals surface area contributed by atoms with E-state index in [-0.39, 0.29) is 27.6 Å². The Labute approximate surface area is 202 Å². The SMILES string of the molecule is COc1ccc2c(c1S(=O)(=O)Nc1noc3cc(Cn4cccn4)cc(OC)c13)OCCC2(C)C. The number of ether oxygens (including phenoxy) is 3. The highest BCUT2D eigenvalue weighted by atomic mass is 32.2. The first-order valence-electron chi connectivity index (χ1n) is 11.0. The third kappa shape index (κ3) is 4.05. The summed E-state index contributed by atoms with van der Waals surface area (Å²) in [5.41, 5.74) is 1.79. The van der Waals surface area contributed by atoms with Gasteiger partial charge >= 0.3 is 0 Å². The third-order valence-electron chi connectivity index (χ3n) is 6.22. The first kappa shape index (κ1) is 23.0. The van der Waals surface area contributed by atoms with Gasteiger partial charge in [-0.2, -0.15) is 5.10 Å². The van der Waals surface area contributed by atoms with Crippen LogP contribution in [0.3, 0.4) is 0 Å². The lowest BCUT2D eigenvalue weighted by molar-refractivity contribution is 0.225. The molecule has 0 fully saturated rings. The molecular formula is C24H26N4O6S. The standard InChI is InChI=1S/C24H26N4O6S/c1-24(2)8-11-33-21-16(24)6-7-17(31-3)22(21)35(29,30)27-23-20-18(32-4)12-15(13-19(20)34-26-23)14-28-10-5-9-25-28/h5-7,9-10,12-13H,8,11,14H2,1-4H3,(H,26,27). The minimum Gasteiger partial charge on any atom is -0.496 e. The van der Waals surface area contributed by atoms with Gasteiger partial charge in [0.1, 0.15) is 22.6 Å². The van der Waals surface area contributed by atoms with Crippen LogP contribution in [0.5, 0.6) is 17.2 Å². The Morgan fingerprint density at radius 1 is 1.17 bits per heavy atom. The van der Waals surface area contributed by atoms with Crippen LogP contribution in [-0.2, 0) is 22.0 Å². The van der Waals surface area contributed by atoms with Crippen molar-refractivity contribution in [3.8, 4) is 17.2 Å². The number of methoxy groups -OCH3 is 2. The van der Waals surface area contributed by atoms with E-state index in [1.54, 1.807) is 29.1 Å². The number of nitrogens with one attached hydrogen (secondary N) is 1. The molecule has 1 aliphatic rings. The molecule has 11 heteroatoms. The maximum Gasteiger partial charge on any atom is 0.270 e. The Bertz CT molecular complexity index is 1490. The van der Waals surface area contributed by atoms with Crippen molar-refractivity contribution in [3.63, 3.8) is 0 Å². The predicted molar refractivity (Wildman–Crippen MR) is 129 cm³/mol. The number of rotatable bonds is 7. The molecule has 35 heavy (non-hydrogen) atoms. The summed E-state index contributed by atoms with van der Waals surface area (Å²) in [5, 5.41) is 8.62. The van der Waals surface area contributed by atoms with E-state index in [0.717, 1.165) is 17.5 Å². The molecule has 0 atom stereocenters. The molecule has 10 nitrogen and oxygen atoms in total. The van der Waals surface area contributed by atoms with Gasteiger partial charge in [-0.1, -0.05) is 25.1 Å². The topological polar surface area (TPSA) is 118 Å². The maximum atomic E-state index is 13.7. The van der Waals surface area contributed by atoms with Crippen molar-refractivity contribution in [2.75, 3.05) is 25.5 Å². The van der Waals surface area contributed by atoms with Crippen LogP contribution >= 0.6 is 0 Å². The minimum absolute atomic E-state index is 0.0113. The fourth-order valence-electron chi connectivity index (χ4n) is 4.35. The van der Waals surface area contributed by atoms with Crippen molar-refractivity contribution in [2.45, 2.75) is 37.1 Å². The molecule has 0 unspecified atom stereocenters. The summed E-state index contributed by atoms with van der Waals surface area (Å²) in [5.74, 6) is 0.893. The molecule has 0 spiro atoms. The zero-order chi connectivity index (χ0) is 24.8. The molecule has 0 amide bonds. The molecule has 2 aromatic carbocycles. The lowest BCUT2D eigenvalue weighted by Gasteiger charge is -2.33. The number of benzene rings is 2. The van der Waals surface area contributed by atoms with E-state index in [9.17, 15) is 8.42 Å². The molecule has 184 valence electrons. The first-order chi connectivity index (χ1) is 16.7. The van der Waals surface area contributed by atoms with Crippen molar-refractivity contribution in [3.05, 3.63) is 53.9 Å². The van der Waals surface area contributed by atoms with Gasteiger partial charge in [0.25, 0.3) is 10.0 Å². The zero-order valence-electron chi connectivity index (χ0n) is 19.9. The highest BCUT2D eigenvalue weighted by molar-refractivity contribution is 7.93.